The van der Waals surface area contributed by atoms with Crippen molar-refractivity contribution in [2.45, 2.75) is 4.90 Å². The van der Waals surface area contributed by atoms with Crippen LogP contribution in [-0.2, 0) is 9.84 Å². The van der Waals surface area contributed by atoms with Crippen LogP contribution in [0.25, 0.3) is 0 Å². The standard InChI is InChI=1S/C14H11Br2NO3S/c1-21(19,20)13-5-3-2-4-12(13)17-14(18)10-8-9(15)6-7-11(10)16/h2-8H,1H3,(H,17,18). The summed E-state index contributed by atoms with van der Waals surface area (Å²) in [5, 5.41) is 2.63. The van der Waals surface area contributed by atoms with E-state index in [1.54, 1.807) is 36.4 Å². The molecule has 7 heteroatoms. The lowest BCUT2D eigenvalue weighted by Gasteiger charge is -2.10. The molecule has 0 radical (unpaired) electrons. The Morgan fingerprint density at radius 3 is 2.43 bits per heavy atom. The normalized spacial score (nSPS) is 11.2. The Morgan fingerprint density at radius 1 is 1.10 bits per heavy atom. The van der Waals surface area contributed by atoms with E-state index in [-0.39, 0.29) is 16.5 Å². The van der Waals surface area contributed by atoms with E-state index < -0.39 is 9.84 Å². The third-order valence-corrected chi connectivity index (χ3v) is 5.05. The molecule has 0 aliphatic heterocycles. The SMILES string of the molecule is CS(=O)(=O)c1ccccc1NC(=O)c1cc(Br)ccc1Br. The van der Waals surface area contributed by atoms with Gasteiger partial charge in [0.25, 0.3) is 5.91 Å². The number of halogens is 2. The van der Waals surface area contributed by atoms with Gasteiger partial charge in [-0.2, -0.15) is 0 Å². The Bertz CT molecular complexity index is 804. The van der Waals surface area contributed by atoms with E-state index in [0.717, 1.165) is 10.7 Å². The lowest BCUT2D eigenvalue weighted by molar-refractivity contribution is 0.102. The monoisotopic (exact) mass is 431 g/mol. The van der Waals surface area contributed by atoms with E-state index in [0.29, 0.717) is 10.0 Å². The minimum Gasteiger partial charge on any atom is -0.321 e. The molecule has 0 aliphatic rings. The molecule has 1 N–H and O–H groups in total. The van der Waals surface area contributed by atoms with Gasteiger partial charge in [0.2, 0.25) is 0 Å². The zero-order valence-corrected chi connectivity index (χ0v) is 14.9. The summed E-state index contributed by atoms with van der Waals surface area (Å²) in [7, 11) is -3.42. The van der Waals surface area contributed by atoms with Gasteiger partial charge >= 0.3 is 0 Å². The van der Waals surface area contributed by atoms with Gasteiger partial charge in [-0.3, -0.25) is 4.79 Å². The molecule has 0 saturated carbocycles. The Labute approximate surface area is 139 Å². The van der Waals surface area contributed by atoms with Gasteiger partial charge < -0.3 is 5.32 Å². The van der Waals surface area contributed by atoms with Gasteiger partial charge in [0.15, 0.2) is 9.84 Å². The molecule has 2 aromatic rings. The Morgan fingerprint density at radius 2 is 1.76 bits per heavy atom. The summed E-state index contributed by atoms with van der Waals surface area (Å²) >= 11 is 6.60. The molecule has 0 saturated heterocycles. The average Bonchev–Trinajstić information content (AvgIpc) is 2.41. The van der Waals surface area contributed by atoms with Crippen LogP contribution in [0.3, 0.4) is 0 Å². The second kappa shape index (κ2) is 6.29. The highest BCUT2D eigenvalue weighted by atomic mass is 79.9. The minimum absolute atomic E-state index is 0.0875. The van der Waals surface area contributed by atoms with Crippen molar-refractivity contribution in [1.82, 2.24) is 0 Å². The van der Waals surface area contributed by atoms with Gasteiger partial charge in [0, 0.05) is 15.2 Å². The molecular formula is C14H11Br2NO3S. The first kappa shape index (κ1) is 16.2. The van der Waals surface area contributed by atoms with Crippen LogP contribution in [0.1, 0.15) is 10.4 Å². The molecule has 2 aromatic carbocycles. The van der Waals surface area contributed by atoms with Crippen LogP contribution in [0.2, 0.25) is 0 Å². The second-order valence-electron chi connectivity index (χ2n) is 4.35. The zero-order valence-electron chi connectivity index (χ0n) is 10.9. The van der Waals surface area contributed by atoms with E-state index in [2.05, 4.69) is 37.2 Å². The number of amides is 1. The van der Waals surface area contributed by atoms with Gasteiger partial charge in [-0.1, -0.05) is 28.1 Å². The van der Waals surface area contributed by atoms with Gasteiger partial charge in [0.1, 0.15) is 0 Å². The number of carbonyl (C=O) groups excluding carboxylic acids is 1. The third-order valence-electron chi connectivity index (χ3n) is 2.71. The van der Waals surface area contributed by atoms with E-state index in [4.69, 9.17) is 0 Å². The predicted octanol–water partition coefficient (Wildman–Crippen LogP) is 3.87. The lowest BCUT2D eigenvalue weighted by Crippen LogP contribution is -2.15. The molecule has 0 aliphatic carbocycles. The number of para-hydroxylation sites is 1. The Hall–Kier alpha value is -1.18. The highest BCUT2D eigenvalue weighted by Crippen LogP contribution is 2.25. The summed E-state index contributed by atoms with van der Waals surface area (Å²) in [6.07, 6.45) is 1.10. The number of sulfone groups is 1. The number of nitrogens with one attached hydrogen (secondary N) is 1. The summed E-state index contributed by atoms with van der Waals surface area (Å²) in [5.41, 5.74) is 0.671. The highest BCUT2D eigenvalue weighted by molar-refractivity contribution is 9.11. The molecule has 0 fully saturated rings. The number of rotatable bonds is 3. The van der Waals surface area contributed by atoms with Crippen LogP contribution in [-0.4, -0.2) is 20.6 Å². The Balaban J connectivity index is 2.39. The van der Waals surface area contributed by atoms with E-state index in [9.17, 15) is 13.2 Å². The van der Waals surface area contributed by atoms with Crippen LogP contribution in [0.15, 0.2) is 56.3 Å². The first-order valence-electron chi connectivity index (χ1n) is 5.84. The average molecular weight is 433 g/mol. The fourth-order valence-corrected chi connectivity index (χ4v) is 3.39. The highest BCUT2D eigenvalue weighted by Gasteiger charge is 2.16. The maximum absolute atomic E-state index is 12.3. The second-order valence-corrected chi connectivity index (χ2v) is 8.10. The van der Waals surface area contributed by atoms with Crippen molar-refractivity contribution >= 4 is 53.3 Å². The summed E-state index contributed by atoms with van der Waals surface area (Å²) in [5.74, 6) is -0.390. The van der Waals surface area contributed by atoms with Crippen LogP contribution < -0.4 is 5.32 Å². The first-order chi connectivity index (χ1) is 9.79. The Kier molecular flexibility index (Phi) is 4.85. The molecule has 0 unspecified atom stereocenters. The molecule has 0 aromatic heterocycles. The van der Waals surface area contributed by atoms with Gasteiger partial charge in [-0.05, 0) is 46.3 Å². The fourth-order valence-electron chi connectivity index (χ4n) is 1.75. The smallest absolute Gasteiger partial charge is 0.256 e. The van der Waals surface area contributed by atoms with E-state index >= 15 is 0 Å². The molecule has 110 valence electrons. The molecule has 0 heterocycles. The molecule has 4 nitrogen and oxygen atoms in total. The maximum atomic E-state index is 12.3. The molecule has 21 heavy (non-hydrogen) atoms. The fraction of sp³-hybridized carbons (Fsp3) is 0.0714. The van der Waals surface area contributed by atoms with Crippen molar-refractivity contribution < 1.29 is 13.2 Å². The van der Waals surface area contributed by atoms with Crippen molar-refractivity contribution in [2.75, 3.05) is 11.6 Å². The lowest BCUT2D eigenvalue weighted by atomic mass is 10.2. The summed E-state index contributed by atoms with van der Waals surface area (Å²) < 4.78 is 24.8. The number of anilines is 1. The summed E-state index contributed by atoms with van der Waals surface area (Å²) in [6.45, 7) is 0. The van der Waals surface area contributed by atoms with Crippen LogP contribution >= 0.6 is 31.9 Å². The quantitative estimate of drug-likeness (QED) is 0.800. The van der Waals surface area contributed by atoms with Crippen molar-refractivity contribution in [2.24, 2.45) is 0 Å². The molecule has 2 rings (SSSR count). The number of benzene rings is 2. The molecule has 0 spiro atoms. The van der Waals surface area contributed by atoms with Crippen LogP contribution in [0, 0.1) is 0 Å². The predicted molar refractivity (Wildman–Crippen MR) is 89.3 cm³/mol. The van der Waals surface area contributed by atoms with Crippen molar-refractivity contribution in [1.29, 1.82) is 0 Å². The number of carbonyl (C=O) groups is 1. The molecule has 1 amide bonds. The minimum atomic E-state index is -3.42. The van der Waals surface area contributed by atoms with Gasteiger partial charge in [-0.15, -0.1) is 0 Å². The molecule has 0 bridgehead atoms. The summed E-state index contributed by atoms with van der Waals surface area (Å²) in [6, 6.07) is 11.5. The first-order valence-corrected chi connectivity index (χ1v) is 9.32. The van der Waals surface area contributed by atoms with Crippen molar-refractivity contribution in [3.63, 3.8) is 0 Å². The largest absolute Gasteiger partial charge is 0.321 e. The van der Waals surface area contributed by atoms with Crippen LogP contribution in [0.5, 0.6) is 0 Å². The topological polar surface area (TPSA) is 63.2 Å². The van der Waals surface area contributed by atoms with Crippen molar-refractivity contribution in [3.05, 3.63) is 57.0 Å². The number of hydrogen-bond acceptors (Lipinski definition) is 3. The van der Waals surface area contributed by atoms with Gasteiger partial charge in [-0.25, -0.2) is 8.42 Å². The number of hydrogen-bond donors (Lipinski definition) is 1. The van der Waals surface area contributed by atoms with Gasteiger partial charge in [0.05, 0.1) is 16.1 Å². The van der Waals surface area contributed by atoms with E-state index in [1.807, 2.05) is 0 Å². The molecule has 0 atom stereocenters. The third kappa shape index (κ3) is 3.93. The van der Waals surface area contributed by atoms with Crippen LogP contribution in [0.4, 0.5) is 5.69 Å². The maximum Gasteiger partial charge on any atom is 0.256 e. The van der Waals surface area contributed by atoms with E-state index in [1.165, 1.54) is 6.07 Å². The summed E-state index contributed by atoms with van der Waals surface area (Å²) in [4.78, 5) is 12.4. The van der Waals surface area contributed by atoms with Crippen molar-refractivity contribution in [3.8, 4) is 0 Å². The zero-order chi connectivity index (χ0) is 15.6. The molecular weight excluding hydrogens is 422 g/mol.